The summed E-state index contributed by atoms with van der Waals surface area (Å²) in [6.07, 6.45) is 7.78. The van der Waals surface area contributed by atoms with Gasteiger partial charge in [0.2, 0.25) is 0 Å². The number of rotatable bonds is 1. The minimum absolute atomic E-state index is 0.356. The molecule has 0 saturated heterocycles. The van der Waals surface area contributed by atoms with E-state index < -0.39 is 5.41 Å². The van der Waals surface area contributed by atoms with Crippen molar-refractivity contribution >= 4 is 11.4 Å². The van der Waals surface area contributed by atoms with Crippen molar-refractivity contribution in [3.8, 4) is 22.4 Å². The quantitative estimate of drug-likeness (QED) is 0.237. The van der Waals surface area contributed by atoms with E-state index in [1.165, 1.54) is 61.6 Å². The molecule has 3 heterocycles. The minimum atomic E-state index is -0.417. The second-order valence-corrected chi connectivity index (χ2v) is 10.6. The van der Waals surface area contributed by atoms with E-state index in [2.05, 4.69) is 120 Å². The first-order valence-electron chi connectivity index (χ1n) is 13.4. The summed E-state index contributed by atoms with van der Waals surface area (Å²) in [6, 6.07) is 40.1. The van der Waals surface area contributed by atoms with Crippen LogP contribution in [0.1, 0.15) is 34.6 Å². The number of pyridine rings is 1. The summed E-state index contributed by atoms with van der Waals surface area (Å²) < 4.78 is 0. The smallest absolute Gasteiger partial charge is 0.0757 e. The average Bonchev–Trinajstić information content (AvgIpc) is 3.49. The molecule has 9 rings (SSSR count). The lowest BCUT2D eigenvalue weighted by Gasteiger charge is -2.46. The number of hydrogen-bond donors (Lipinski definition) is 0. The second kappa shape index (κ2) is 7.20. The monoisotopic (exact) mass is 484 g/mol. The van der Waals surface area contributed by atoms with Gasteiger partial charge in [0, 0.05) is 29.1 Å². The molecule has 2 aliphatic carbocycles. The summed E-state index contributed by atoms with van der Waals surface area (Å²) in [4.78, 5) is 7.42. The highest BCUT2D eigenvalue weighted by atomic mass is 15.2. The first-order valence-corrected chi connectivity index (χ1v) is 13.4. The van der Waals surface area contributed by atoms with Gasteiger partial charge < -0.3 is 4.90 Å². The summed E-state index contributed by atoms with van der Waals surface area (Å²) in [7, 11) is 0. The number of anilines is 2. The Labute approximate surface area is 222 Å². The van der Waals surface area contributed by atoms with Crippen LogP contribution in [0.5, 0.6) is 0 Å². The normalized spacial score (nSPS) is 21.2. The van der Waals surface area contributed by atoms with Gasteiger partial charge in [0.1, 0.15) is 0 Å². The van der Waals surface area contributed by atoms with Gasteiger partial charge in [-0.05, 0) is 69.6 Å². The van der Waals surface area contributed by atoms with Crippen LogP contribution in [0.25, 0.3) is 22.4 Å². The molecule has 2 aliphatic heterocycles. The van der Waals surface area contributed by atoms with Crippen LogP contribution in [0.3, 0.4) is 0 Å². The van der Waals surface area contributed by atoms with E-state index in [0.717, 1.165) is 12.1 Å². The molecule has 4 aliphatic rings. The molecule has 2 nitrogen and oxygen atoms in total. The highest BCUT2D eigenvalue weighted by Gasteiger charge is 2.56. The van der Waals surface area contributed by atoms with Crippen LogP contribution in [0.15, 0.2) is 139 Å². The number of para-hydroxylation sites is 2. The van der Waals surface area contributed by atoms with E-state index >= 15 is 0 Å². The Morgan fingerprint density at radius 1 is 0.658 bits per heavy atom. The van der Waals surface area contributed by atoms with Crippen molar-refractivity contribution in [3.63, 3.8) is 0 Å². The molecule has 2 heteroatoms. The molecule has 0 radical (unpaired) electrons. The molecular weight excluding hydrogens is 460 g/mol. The van der Waals surface area contributed by atoms with Crippen LogP contribution in [0.2, 0.25) is 0 Å². The van der Waals surface area contributed by atoms with Crippen LogP contribution in [0, 0.1) is 0 Å². The third-order valence-corrected chi connectivity index (χ3v) is 9.01. The minimum Gasteiger partial charge on any atom is -0.313 e. The summed E-state index contributed by atoms with van der Waals surface area (Å²) >= 11 is 0. The molecule has 2 unspecified atom stereocenters. The topological polar surface area (TPSA) is 16.1 Å². The molecule has 0 N–H and O–H groups in total. The molecule has 1 spiro atoms. The molecule has 1 aromatic heterocycles. The lowest BCUT2D eigenvalue weighted by molar-refractivity contribution is 0.687. The Morgan fingerprint density at radius 2 is 1.39 bits per heavy atom. The maximum absolute atomic E-state index is 4.86. The summed E-state index contributed by atoms with van der Waals surface area (Å²) in [6.45, 7) is 0. The molecule has 178 valence electrons. The number of hydrogen-bond acceptors (Lipinski definition) is 2. The van der Waals surface area contributed by atoms with Crippen molar-refractivity contribution in [1.82, 2.24) is 4.98 Å². The molecule has 0 saturated carbocycles. The Balaban J connectivity index is 1.50. The Kier molecular flexibility index (Phi) is 3.86. The van der Waals surface area contributed by atoms with Crippen molar-refractivity contribution in [3.05, 3.63) is 161 Å². The maximum Gasteiger partial charge on any atom is 0.0757 e. The van der Waals surface area contributed by atoms with E-state index in [4.69, 9.17) is 4.98 Å². The fraction of sp³-hybridized carbons (Fsp3) is 0.0833. The van der Waals surface area contributed by atoms with E-state index in [0.29, 0.717) is 5.92 Å². The number of allylic oxidation sites excluding steroid dienone is 4. The van der Waals surface area contributed by atoms with Gasteiger partial charge in [0.25, 0.3) is 0 Å². The fourth-order valence-corrected chi connectivity index (χ4v) is 7.74. The third-order valence-electron chi connectivity index (χ3n) is 9.01. The number of fused-ring (bicyclic) bond motifs is 12. The van der Waals surface area contributed by atoms with E-state index in [9.17, 15) is 0 Å². The summed E-state index contributed by atoms with van der Waals surface area (Å²) in [5.74, 6) is 0.356. The van der Waals surface area contributed by atoms with Crippen molar-refractivity contribution in [2.75, 3.05) is 4.90 Å². The van der Waals surface area contributed by atoms with Crippen LogP contribution in [-0.4, -0.2) is 4.98 Å². The SMILES string of the molecule is C1=CC2=C3C(C1)c1ccccc1N3c1ccccc1C21c2ccccc2-c2cccc(-c3ccccn3)c21. The summed E-state index contributed by atoms with van der Waals surface area (Å²) in [5.41, 5.74) is 15.4. The van der Waals surface area contributed by atoms with Gasteiger partial charge in [-0.3, -0.25) is 4.98 Å². The van der Waals surface area contributed by atoms with Crippen LogP contribution >= 0.6 is 0 Å². The van der Waals surface area contributed by atoms with Crippen LogP contribution < -0.4 is 4.90 Å². The zero-order valence-corrected chi connectivity index (χ0v) is 20.8. The van der Waals surface area contributed by atoms with E-state index in [1.807, 2.05) is 12.3 Å². The molecule has 0 amide bonds. The molecule has 0 fully saturated rings. The van der Waals surface area contributed by atoms with Gasteiger partial charge in [-0.1, -0.05) is 97.1 Å². The van der Waals surface area contributed by atoms with Gasteiger partial charge >= 0.3 is 0 Å². The van der Waals surface area contributed by atoms with Crippen LogP contribution in [0.4, 0.5) is 11.4 Å². The Morgan fingerprint density at radius 3 is 2.29 bits per heavy atom. The molecule has 5 aromatic rings. The lowest BCUT2D eigenvalue weighted by atomic mass is 9.61. The van der Waals surface area contributed by atoms with Gasteiger partial charge in [-0.25, -0.2) is 0 Å². The zero-order chi connectivity index (χ0) is 24.8. The lowest BCUT2D eigenvalue weighted by Crippen LogP contribution is -2.39. The van der Waals surface area contributed by atoms with Crippen molar-refractivity contribution < 1.29 is 0 Å². The van der Waals surface area contributed by atoms with Crippen molar-refractivity contribution in [2.24, 2.45) is 0 Å². The molecule has 4 aromatic carbocycles. The highest BCUT2D eigenvalue weighted by Crippen LogP contribution is 2.67. The summed E-state index contributed by atoms with van der Waals surface area (Å²) in [5, 5.41) is 0. The fourth-order valence-electron chi connectivity index (χ4n) is 7.74. The molecular formula is C36H24N2. The zero-order valence-electron chi connectivity index (χ0n) is 20.8. The Hall–Kier alpha value is -4.69. The predicted octanol–water partition coefficient (Wildman–Crippen LogP) is 8.53. The van der Waals surface area contributed by atoms with E-state index in [1.54, 1.807) is 0 Å². The van der Waals surface area contributed by atoms with Crippen molar-refractivity contribution in [2.45, 2.75) is 17.8 Å². The third kappa shape index (κ3) is 2.28. The standard InChI is InChI=1S/C36H24N2/c1-3-16-28-23(11-1)25-13-9-15-27(31-19-7-8-22-37-31)34(25)36(28)29-17-4-6-21-33(29)38-32-20-5-2-12-24(32)26-14-10-18-30(36)35(26)38/h1-13,15-22,26H,14H2. The van der Waals surface area contributed by atoms with Gasteiger partial charge in [0.15, 0.2) is 0 Å². The second-order valence-electron chi connectivity index (χ2n) is 10.6. The number of nitrogens with zero attached hydrogens (tertiary/aromatic N) is 2. The van der Waals surface area contributed by atoms with Crippen LogP contribution in [-0.2, 0) is 5.41 Å². The van der Waals surface area contributed by atoms with Gasteiger partial charge in [-0.2, -0.15) is 0 Å². The first kappa shape index (κ1) is 20.4. The molecule has 0 bridgehead atoms. The molecule has 38 heavy (non-hydrogen) atoms. The van der Waals surface area contributed by atoms with Gasteiger partial charge in [0.05, 0.1) is 16.8 Å². The first-order chi connectivity index (χ1) is 18.9. The number of benzene rings is 4. The molecule has 2 atom stereocenters. The highest BCUT2D eigenvalue weighted by molar-refractivity contribution is 5.97. The van der Waals surface area contributed by atoms with Gasteiger partial charge in [-0.15, -0.1) is 0 Å². The largest absolute Gasteiger partial charge is 0.313 e. The Bertz CT molecular complexity index is 1860. The average molecular weight is 485 g/mol. The van der Waals surface area contributed by atoms with Crippen molar-refractivity contribution in [1.29, 1.82) is 0 Å². The number of aromatic nitrogens is 1. The van der Waals surface area contributed by atoms with E-state index in [-0.39, 0.29) is 0 Å². The maximum atomic E-state index is 4.86. The predicted molar refractivity (Wildman–Crippen MR) is 154 cm³/mol.